The maximum absolute atomic E-state index is 12.3. The van der Waals surface area contributed by atoms with Crippen molar-refractivity contribution in [1.29, 1.82) is 0 Å². The Morgan fingerprint density at radius 3 is 2.79 bits per heavy atom. The lowest BCUT2D eigenvalue weighted by Crippen LogP contribution is -2.42. The fourth-order valence-electron chi connectivity index (χ4n) is 2.65. The molecule has 1 aromatic heterocycles. The molecule has 0 saturated heterocycles. The minimum atomic E-state index is -3.41. The number of hydrogen-bond acceptors (Lipinski definition) is 3. The van der Waals surface area contributed by atoms with Crippen molar-refractivity contribution in [2.45, 2.75) is 39.2 Å². The molecule has 1 aliphatic carbocycles. The van der Waals surface area contributed by atoms with E-state index >= 15 is 0 Å². The molecule has 1 N–H and O–H groups in total. The van der Waals surface area contributed by atoms with Gasteiger partial charge in [-0.2, -0.15) is 22.5 Å². The number of fused-ring (bicyclic) bond motifs is 1. The molecular weight excluding hydrogens is 264 g/mol. The Balaban J connectivity index is 2.21. The highest BCUT2D eigenvalue weighted by atomic mass is 32.2. The van der Waals surface area contributed by atoms with Crippen molar-refractivity contribution in [3.63, 3.8) is 0 Å². The van der Waals surface area contributed by atoms with E-state index < -0.39 is 10.2 Å². The van der Waals surface area contributed by atoms with Gasteiger partial charge in [0.2, 0.25) is 0 Å². The summed E-state index contributed by atoms with van der Waals surface area (Å²) in [6, 6.07) is -0.150. The third kappa shape index (κ3) is 2.82. The normalized spacial score (nSPS) is 19.7. The number of aryl methyl sites for hydroxylation is 1. The van der Waals surface area contributed by atoms with Gasteiger partial charge in [0.15, 0.2) is 0 Å². The van der Waals surface area contributed by atoms with Gasteiger partial charge in [-0.05, 0) is 19.3 Å². The van der Waals surface area contributed by atoms with Crippen LogP contribution in [0.4, 0.5) is 0 Å². The van der Waals surface area contributed by atoms with E-state index in [2.05, 4.69) is 9.82 Å². The summed E-state index contributed by atoms with van der Waals surface area (Å²) in [7, 11) is -1.51. The van der Waals surface area contributed by atoms with Crippen LogP contribution in [0.1, 0.15) is 44.0 Å². The zero-order valence-corrected chi connectivity index (χ0v) is 12.6. The van der Waals surface area contributed by atoms with Crippen LogP contribution in [0, 0.1) is 0 Å². The van der Waals surface area contributed by atoms with Crippen LogP contribution in [-0.2, 0) is 23.7 Å². The standard InChI is InChI=1S/C12H22N4O2S/c1-4-16(5-2)19(17,18)14-11-7-6-8-12-10(11)9-13-15(12)3/h9,11,14H,4-8H2,1-3H3. The highest BCUT2D eigenvalue weighted by Gasteiger charge is 2.29. The molecule has 0 fully saturated rings. The summed E-state index contributed by atoms with van der Waals surface area (Å²) in [6.45, 7) is 4.66. The predicted molar refractivity (Wildman–Crippen MR) is 73.9 cm³/mol. The topological polar surface area (TPSA) is 67.2 Å². The zero-order valence-electron chi connectivity index (χ0n) is 11.8. The number of nitrogens with zero attached hydrogens (tertiary/aromatic N) is 3. The first kappa shape index (κ1) is 14.5. The van der Waals surface area contributed by atoms with Crippen molar-refractivity contribution in [3.8, 4) is 0 Å². The molecule has 0 spiro atoms. The van der Waals surface area contributed by atoms with Crippen LogP contribution in [0.3, 0.4) is 0 Å². The van der Waals surface area contributed by atoms with Gasteiger partial charge in [0.1, 0.15) is 0 Å². The van der Waals surface area contributed by atoms with Crippen molar-refractivity contribution < 1.29 is 8.42 Å². The first-order valence-electron chi connectivity index (χ1n) is 6.77. The Morgan fingerprint density at radius 1 is 1.47 bits per heavy atom. The van der Waals surface area contributed by atoms with E-state index in [1.807, 2.05) is 25.6 Å². The van der Waals surface area contributed by atoms with E-state index in [0.29, 0.717) is 13.1 Å². The summed E-state index contributed by atoms with van der Waals surface area (Å²) in [5.74, 6) is 0. The van der Waals surface area contributed by atoms with Crippen LogP contribution >= 0.6 is 0 Å². The Hall–Kier alpha value is -0.920. The van der Waals surface area contributed by atoms with E-state index in [1.165, 1.54) is 4.31 Å². The molecule has 0 radical (unpaired) electrons. The molecule has 1 heterocycles. The minimum Gasteiger partial charge on any atom is -0.272 e. The van der Waals surface area contributed by atoms with E-state index in [0.717, 1.165) is 30.5 Å². The largest absolute Gasteiger partial charge is 0.279 e. The highest BCUT2D eigenvalue weighted by Crippen LogP contribution is 2.29. The second kappa shape index (κ2) is 5.60. The van der Waals surface area contributed by atoms with Gasteiger partial charge in [0.05, 0.1) is 12.2 Å². The average Bonchev–Trinajstić information content (AvgIpc) is 2.73. The van der Waals surface area contributed by atoms with Crippen LogP contribution < -0.4 is 4.72 Å². The SMILES string of the molecule is CCN(CC)S(=O)(=O)NC1CCCc2c1cnn2C. The lowest BCUT2D eigenvalue weighted by atomic mass is 9.94. The monoisotopic (exact) mass is 286 g/mol. The molecule has 2 rings (SSSR count). The Bertz CT molecular complexity index is 534. The van der Waals surface area contributed by atoms with Gasteiger partial charge < -0.3 is 0 Å². The number of rotatable bonds is 5. The summed E-state index contributed by atoms with van der Waals surface area (Å²) in [5.41, 5.74) is 2.16. The maximum Gasteiger partial charge on any atom is 0.279 e. The lowest BCUT2D eigenvalue weighted by molar-refractivity contribution is 0.416. The van der Waals surface area contributed by atoms with E-state index in [-0.39, 0.29) is 6.04 Å². The molecule has 0 aliphatic heterocycles. The molecule has 7 heteroatoms. The van der Waals surface area contributed by atoms with Crippen molar-refractivity contribution in [2.24, 2.45) is 7.05 Å². The Kier molecular flexibility index (Phi) is 4.27. The fourth-order valence-corrected chi connectivity index (χ4v) is 4.08. The molecular formula is C12H22N4O2S. The third-order valence-electron chi connectivity index (χ3n) is 3.71. The van der Waals surface area contributed by atoms with Crippen LogP contribution in [-0.4, -0.2) is 35.6 Å². The quantitative estimate of drug-likeness (QED) is 0.877. The average molecular weight is 286 g/mol. The van der Waals surface area contributed by atoms with Crippen molar-refractivity contribution in [3.05, 3.63) is 17.5 Å². The summed E-state index contributed by atoms with van der Waals surface area (Å²) >= 11 is 0. The molecule has 1 unspecified atom stereocenters. The molecule has 0 bridgehead atoms. The predicted octanol–water partition coefficient (Wildman–Crippen LogP) is 0.974. The molecule has 108 valence electrons. The van der Waals surface area contributed by atoms with Gasteiger partial charge >= 0.3 is 0 Å². The summed E-state index contributed by atoms with van der Waals surface area (Å²) in [4.78, 5) is 0. The van der Waals surface area contributed by atoms with Crippen molar-refractivity contribution in [1.82, 2.24) is 18.8 Å². The van der Waals surface area contributed by atoms with E-state index in [9.17, 15) is 8.42 Å². The summed E-state index contributed by atoms with van der Waals surface area (Å²) in [5, 5.41) is 4.23. The van der Waals surface area contributed by atoms with Crippen molar-refractivity contribution >= 4 is 10.2 Å². The second-order valence-electron chi connectivity index (χ2n) is 4.82. The smallest absolute Gasteiger partial charge is 0.272 e. The number of nitrogens with one attached hydrogen (secondary N) is 1. The highest BCUT2D eigenvalue weighted by molar-refractivity contribution is 7.87. The molecule has 1 atom stereocenters. The van der Waals surface area contributed by atoms with Crippen LogP contribution in [0.25, 0.3) is 0 Å². The van der Waals surface area contributed by atoms with Crippen LogP contribution in [0.2, 0.25) is 0 Å². The van der Waals surface area contributed by atoms with Crippen LogP contribution in [0.5, 0.6) is 0 Å². The van der Waals surface area contributed by atoms with Gasteiger partial charge in [-0.25, -0.2) is 0 Å². The molecule has 0 aromatic carbocycles. The van der Waals surface area contributed by atoms with Gasteiger partial charge in [0, 0.05) is 31.4 Å². The Morgan fingerprint density at radius 2 is 2.16 bits per heavy atom. The first-order chi connectivity index (χ1) is 8.99. The molecule has 1 aliphatic rings. The second-order valence-corrected chi connectivity index (χ2v) is 6.52. The number of aromatic nitrogens is 2. The van der Waals surface area contributed by atoms with Crippen molar-refractivity contribution in [2.75, 3.05) is 13.1 Å². The van der Waals surface area contributed by atoms with Gasteiger partial charge in [-0.15, -0.1) is 0 Å². The molecule has 0 amide bonds. The van der Waals surface area contributed by atoms with Crippen LogP contribution in [0.15, 0.2) is 6.20 Å². The first-order valence-corrected chi connectivity index (χ1v) is 8.21. The number of hydrogen-bond donors (Lipinski definition) is 1. The molecule has 1 aromatic rings. The summed E-state index contributed by atoms with van der Waals surface area (Å²) in [6.07, 6.45) is 4.57. The molecule has 6 nitrogen and oxygen atoms in total. The Labute approximate surface area is 115 Å². The maximum atomic E-state index is 12.3. The molecule has 0 saturated carbocycles. The molecule has 19 heavy (non-hydrogen) atoms. The van der Waals surface area contributed by atoms with E-state index in [1.54, 1.807) is 6.20 Å². The third-order valence-corrected chi connectivity index (χ3v) is 5.49. The minimum absolute atomic E-state index is 0.150. The zero-order chi connectivity index (χ0) is 14.0. The lowest BCUT2D eigenvalue weighted by Gasteiger charge is -2.27. The van der Waals surface area contributed by atoms with E-state index in [4.69, 9.17) is 0 Å². The van der Waals surface area contributed by atoms with Gasteiger partial charge in [-0.3, -0.25) is 4.68 Å². The van der Waals surface area contributed by atoms with Gasteiger partial charge in [-0.1, -0.05) is 13.8 Å². The fraction of sp³-hybridized carbons (Fsp3) is 0.750. The summed E-state index contributed by atoms with van der Waals surface area (Å²) < 4.78 is 30.6. The van der Waals surface area contributed by atoms with Gasteiger partial charge in [0.25, 0.3) is 10.2 Å².